The molecule has 1 aromatic heterocycles. The number of fused-ring (bicyclic) bond motifs is 1. The lowest BCUT2D eigenvalue weighted by Crippen LogP contribution is -1.86. The number of rotatable bonds is 1. The quantitative estimate of drug-likeness (QED) is 0.695. The molecule has 0 atom stereocenters. The summed E-state index contributed by atoms with van der Waals surface area (Å²) in [4.78, 5) is 0. The van der Waals surface area contributed by atoms with Crippen molar-refractivity contribution in [3.8, 4) is 5.75 Å². The van der Waals surface area contributed by atoms with Gasteiger partial charge in [0.15, 0.2) is 0 Å². The van der Waals surface area contributed by atoms with Gasteiger partial charge >= 0.3 is 0 Å². The Bertz CT molecular complexity index is 406. The van der Waals surface area contributed by atoms with Crippen LogP contribution in [0.5, 0.6) is 5.75 Å². The van der Waals surface area contributed by atoms with Gasteiger partial charge in [-0.15, -0.1) is 0 Å². The van der Waals surface area contributed by atoms with Crippen molar-refractivity contribution >= 4 is 10.9 Å². The minimum atomic E-state index is 0.895. The molecule has 1 N–H and O–H groups in total. The number of hydrogen-bond acceptors (Lipinski definition) is 2. The van der Waals surface area contributed by atoms with Gasteiger partial charge < -0.3 is 4.74 Å². The zero-order valence-electron chi connectivity index (χ0n) is 7.09. The topological polar surface area (TPSA) is 37.9 Å². The summed E-state index contributed by atoms with van der Waals surface area (Å²) in [5.74, 6) is 0.895. The van der Waals surface area contributed by atoms with Crippen LogP contribution in [0.2, 0.25) is 0 Å². The van der Waals surface area contributed by atoms with E-state index < -0.39 is 0 Å². The minimum absolute atomic E-state index is 0.895. The van der Waals surface area contributed by atoms with Crippen LogP contribution in [0.3, 0.4) is 0 Å². The number of H-pyrrole nitrogens is 1. The van der Waals surface area contributed by atoms with E-state index >= 15 is 0 Å². The number of aryl methyl sites for hydroxylation is 1. The predicted octanol–water partition coefficient (Wildman–Crippen LogP) is 1.88. The van der Waals surface area contributed by atoms with E-state index in [1.807, 2.05) is 19.2 Å². The Balaban J connectivity index is 2.73. The summed E-state index contributed by atoms with van der Waals surface area (Å²) in [6.07, 6.45) is 1.81. The van der Waals surface area contributed by atoms with Crippen LogP contribution in [0, 0.1) is 6.92 Å². The Hall–Kier alpha value is -1.51. The van der Waals surface area contributed by atoms with Crippen molar-refractivity contribution < 1.29 is 4.74 Å². The third-order valence-corrected chi connectivity index (χ3v) is 1.96. The van der Waals surface area contributed by atoms with E-state index in [0.29, 0.717) is 0 Å². The molecule has 0 bridgehead atoms. The van der Waals surface area contributed by atoms with Crippen LogP contribution in [0.15, 0.2) is 18.3 Å². The second kappa shape index (κ2) is 2.52. The fourth-order valence-corrected chi connectivity index (χ4v) is 1.31. The zero-order chi connectivity index (χ0) is 8.55. The van der Waals surface area contributed by atoms with E-state index in [0.717, 1.165) is 22.2 Å². The Labute approximate surface area is 70.4 Å². The third kappa shape index (κ3) is 0.942. The van der Waals surface area contributed by atoms with E-state index in [1.54, 1.807) is 7.11 Å². The van der Waals surface area contributed by atoms with Gasteiger partial charge in [0.25, 0.3) is 0 Å². The van der Waals surface area contributed by atoms with Gasteiger partial charge in [-0.05, 0) is 18.6 Å². The second-order valence-electron chi connectivity index (χ2n) is 2.78. The summed E-state index contributed by atoms with van der Waals surface area (Å²) < 4.78 is 5.17. The highest BCUT2D eigenvalue weighted by Crippen LogP contribution is 2.23. The van der Waals surface area contributed by atoms with Gasteiger partial charge in [0, 0.05) is 11.5 Å². The Morgan fingerprint density at radius 3 is 3.00 bits per heavy atom. The van der Waals surface area contributed by atoms with E-state index in [1.165, 1.54) is 0 Å². The van der Waals surface area contributed by atoms with Crippen molar-refractivity contribution in [2.24, 2.45) is 0 Å². The second-order valence-corrected chi connectivity index (χ2v) is 2.78. The molecule has 3 nitrogen and oxygen atoms in total. The van der Waals surface area contributed by atoms with Crippen LogP contribution in [-0.2, 0) is 0 Å². The standard InChI is InChI=1S/C9H10N2O/c1-6-3-7-5-10-11-8(7)4-9(6)12-2/h3-5H,1-2H3,(H,10,11). The highest BCUT2D eigenvalue weighted by molar-refractivity contribution is 5.80. The molecule has 0 aliphatic heterocycles. The summed E-state index contributed by atoms with van der Waals surface area (Å²) in [7, 11) is 1.67. The summed E-state index contributed by atoms with van der Waals surface area (Å²) >= 11 is 0. The highest BCUT2D eigenvalue weighted by Gasteiger charge is 2.01. The van der Waals surface area contributed by atoms with Crippen LogP contribution in [0.1, 0.15) is 5.56 Å². The molecule has 0 saturated heterocycles. The smallest absolute Gasteiger partial charge is 0.123 e. The Morgan fingerprint density at radius 2 is 2.25 bits per heavy atom. The zero-order valence-corrected chi connectivity index (χ0v) is 7.09. The number of ether oxygens (including phenoxy) is 1. The summed E-state index contributed by atoms with van der Waals surface area (Å²) in [5.41, 5.74) is 2.14. The molecule has 2 aromatic rings. The first-order chi connectivity index (χ1) is 5.81. The van der Waals surface area contributed by atoms with Gasteiger partial charge in [-0.1, -0.05) is 0 Å². The molecule has 0 unspecified atom stereocenters. The number of aromatic nitrogens is 2. The predicted molar refractivity (Wildman–Crippen MR) is 47.4 cm³/mol. The van der Waals surface area contributed by atoms with Crippen molar-refractivity contribution in [3.05, 3.63) is 23.9 Å². The number of nitrogens with one attached hydrogen (secondary N) is 1. The molecule has 0 spiro atoms. The molecule has 1 heterocycles. The molecule has 12 heavy (non-hydrogen) atoms. The van der Waals surface area contributed by atoms with Crippen molar-refractivity contribution in [1.82, 2.24) is 10.2 Å². The molecule has 2 rings (SSSR count). The maximum atomic E-state index is 5.17. The number of hydrogen-bond donors (Lipinski definition) is 1. The third-order valence-electron chi connectivity index (χ3n) is 1.96. The molecule has 0 fully saturated rings. The first kappa shape index (κ1) is 7.16. The van der Waals surface area contributed by atoms with Crippen LogP contribution in [-0.4, -0.2) is 17.3 Å². The van der Waals surface area contributed by atoms with Crippen LogP contribution in [0.25, 0.3) is 10.9 Å². The lowest BCUT2D eigenvalue weighted by atomic mass is 10.1. The first-order valence-corrected chi connectivity index (χ1v) is 3.79. The molecule has 0 aliphatic rings. The molecular formula is C9H10N2O. The SMILES string of the molecule is COc1cc2[nH]ncc2cc1C. The molecule has 0 amide bonds. The maximum Gasteiger partial charge on any atom is 0.123 e. The Morgan fingerprint density at radius 1 is 1.42 bits per heavy atom. The van der Waals surface area contributed by atoms with E-state index in [9.17, 15) is 0 Å². The van der Waals surface area contributed by atoms with Crippen molar-refractivity contribution in [2.75, 3.05) is 7.11 Å². The monoisotopic (exact) mass is 162 g/mol. The number of methoxy groups -OCH3 is 1. The fraction of sp³-hybridized carbons (Fsp3) is 0.222. The molecule has 0 radical (unpaired) electrons. The summed E-state index contributed by atoms with van der Waals surface area (Å²) in [5, 5.41) is 7.95. The average molecular weight is 162 g/mol. The number of aromatic amines is 1. The lowest BCUT2D eigenvalue weighted by Gasteiger charge is -2.02. The highest BCUT2D eigenvalue weighted by atomic mass is 16.5. The molecule has 0 saturated carbocycles. The van der Waals surface area contributed by atoms with E-state index in [-0.39, 0.29) is 0 Å². The van der Waals surface area contributed by atoms with Crippen LogP contribution in [0.4, 0.5) is 0 Å². The van der Waals surface area contributed by atoms with Crippen molar-refractivity contribution in [2.45, 2.75) is 6.92 Å². The van der Waals surface area contributed by atoms with Gasteiger partial charge in [-0.25, -0.2) is 0 Å². The lowest BCUT2D eigenvalue weighted by molar-refractivity contribution is 0.412. The summed E-state index contributed by atoms with van der Waals surface area (Å²) in [6.45, 7) is 2.02. The van der Waals surface area contributed by atoms with Crippen LogP contribution >= 0.6 is 0 Å². The Kier molecular flexibility index (Phi) is 1.50. The van der Waals surface area contributed by atoms with Gasteiger partial charge in [0.1, 0.15) is 5.75 Å². The van der Waals surface area contributed by atoms with Crippen molar-refractivity contribution in [3.63, 3.8) is 0 Å². The molecule has 1 aromatic carbocycles. The molecule has 3 heteroatoms. The minimum Gasteiger partial charge on any atom is -0.496 e. The van der Waals surface area contributed by atoms with Gasteiger partial charge in [0.05, 0.1) is 18.8 Å². The fourth-order valence-electron chi connectivity index (χ4n) is 1.31. The normalized spacial score (nSPS) is 10.5. The van der Waals surface area contributed by atoms with E-state index in [2.05, 4.69) is 16.3 Å². The van der Waals surface area contributed by atoms with Gasteiger partial charge in [0.2, 0.25) is 0 Å². The van der Waals surface area contributed by atoms with Gasteiger partial charge in [-0.2, -0.15) is 5.10 Å². The van der Waals surface area contributed by atoms with Crippen LogP contribution < -0.4 is 4.74 Å². The first-order valence-electron chi connectivity index (χ1n) is 3.79. The molecular weight excluding hydrogens is 152 g/mol. The molecule has 62 valence electrons. The molecule has 0 aliphatic carbocycles. The maximum absolute atomic E-state index is 5.17. The number of benzene rings is 1. The summed E-state index contributed by atoms with van der Waals surface area (Å²) in [6, 6.07) is 4.01. The number of nitrogens with zero attached hydrogens (tertiary/aromatic N) is 1. The average Bonchev–Trinajstić information content (AvgIpc) is 2.49. The largest absolute Gasteiger partial charge is 0.496 e. The van der Waals surface area contributed by atoms with Gasteiger partial charge in [-0.3, -0.25) is 5.10 Å². The van der Waals surface area contributed by atoms with E-state index in [4.69, 9.17) is 4.74 Å². The van der Waals surface area contributed by atoms with Crippen molar-refractivity contribution in [1.29, 1.82) is 0 Å².